The summed E-state index contributed by atoms with van der Waals surface area (Å²) in [5.74, 6) is 0.289. The summed E-state index contributed by atoms with van der Waals surface area (Å²) in [6, 6.07) is 19.9. The van der Waals surface area contributed by atoms with Gasteiger partial charge in [0.2, 0.25) is 21.2 Å². The quantitative estimate of drug-likeness (QED) is 0.304. The molecule has 208 valence electrons. The Bertz CT molecular complexity index is 1670. The molecule has 9 nitrogen and oxygen atoms in total. The third-order valence-corrected chi connectivity index (χ3v) is 8.77. The van der Waals surface area contributed by atoms with Crippen molar-refractivity contribution < 1.29 is 27.1 Å². The third-order valence-electron chi connectivity index (χ3n) is 6.86. The fourth-order valence-electron chi connectivity index (χ4n) is 4.64. The van der Waals surface area contributed by atoms with E-state index in [1.807, 2.05) is 0 Å². The molecule has 4 aromatic rings. The summed E-state index contributed by atoms with van der Waals surface area (Å²) in [7, 11) is -2.00. The van der Waals surface area contributed by atoms with Gasteiger partial charge in [-0.3, -0.25) is 9.59 Å². The molecule has 10 heteroatoms. The first kappa shape index (κ1) is 27.4. The van der Waals surface area contributed by atoms with E-state index in [0.29, 0.717) is 41.1 Å². The lowest BCUT2D eigenvalue weighted by molar-refractivity contribution is -0.122. The lowest BCUT2D eigenvalue weighted by Crippen LogP contribution is -2.34. The molecule has 1 aromatic heterocycles. The van der Waals surface area contributed by atoms with Gasteiger partial charge in [0.05, 0.1) is 17.4 Å². The second-order valence-electron chi connectivity index (χ2n) is 9.45. The van der Waals surface area contributed by atoms with Gasteiger partial charge in [-0.05, 0) is 79.9 Å². The van der Waals surface area contributed by atoms with Gasteiger partial charge in [0.15, 0.2) is 11.9 Å². The van der Waals surface area contributed by atoms with Gasteiger partial charge in [-0.1, -0.05) is 19.1 Å². The lowest BCUT2D eigenvalue weighted by atomic mass is 10.1. The number of hydrogen-bond acceptors (Lipinski definition) is 7. The first-order valence-electron chi connectivity index (χ1n) is 13.1. The number of rotatable bonds is 9. The summed E-state index contributed by atoms with van der Waals surface area (Å²) >= 11 is 0. The number of hydrogen-bond donors (Lipinski definition) is 1. The van der Waals surface area contributed by atoms with Crippen LogP contribution >= 0.6 is 0 Å². The summed E-state index contributed by atoms with van der Waals surface area (Å²) in [5.41, 5.74) is 1.000. The standard InChI is InChI=1S/C30H30N2O7S/c1-3-25(30(34)31-21-12-16-23(17-13-21)40(35,36)32-18-6-7-19-32)38-29-27(33)24-8-4-5-9-26(24)39-28(29)20-10-14-22(37-2)15-11-20/h4-5,8-17,25H,3,6-7,18-19H2,1-2H3,(H,31,34). The van der Waals surface area contributed by atoms with Crippen molar-refractivity contribution in [3.8, 4) is 22.8 Å². The third kappa shape index (κ3) is 5.45. The van der Waals surface area contributed by atoms with Crippen LogP contribution in [0.3, 0.4) is 0 Å². The van der Waals surface area contributed by atoms with E-state index in [1.165, 1.54) is 16.4 Å². The van der Waals surface area contributed by atoms with E-state index in [1.54, 1.807) is 74.7 Å². The molecule has 1 unspecified atom stereocenters. The zero-order valence-corrected chi connectivity index (χ0v) is 23.1. The first-order chi connectivity index (χ1) is 19.3. The van der Waals surface area contributed by atoms with E-state index in [0.717, 1.165) is 12.8 Å². The summed E-state index contributed by atoms with van der Waals surface area (Å²) in [6.45, 7) is 2.79. The van der Waals surface area contributed by atoms with Crippen LogP contribution in [0.25, 0.3) is 22.3 Å². The van der Waals surface area contributed by atoms with Crippen molar-refractivity contribution in [3.05, 3.63) is 83.0 Å². The minimum atomic E-state index is -3.56. The zero-order valence-electron chi connectivity index (χ0n) is 22.3. The minimum absolute atomic E-state index is 0.0714. The maximum Gasteiger partial charge on any atom is 0.265 e. The molecule has 1 N–H and O–H groups in total. The molecule has 0 radical (unpaired) electrons. The predicted molar refractivity (Wildman–Crippen MR) is 152 cm³/mol. The summed E-state index contributed by atoms with van der Waals surface area (Å²) in [5, 5.41) is 3.10. The van der Waals surface area contributed by atoms with Gasteiger partial charge in [0.25, 0.3) is 5.91 Å². The Morgan fingerprint density at radius 1 is 1.00 bits per heavy atom. The molecule has 1 amide bonds. The molecule has 40 heavy (non-hydrogen) atoms. The summed E-state index contributed by atoms with van der Waals surface area (Å²) < 4.78 is 44.5. The van der Waals surface area contributed by atoms with E-state index in [9.17, 15) is 18.0 Å². The van der Waals surface area contributed by atoms with E-state index in [4.69, 9.17) is 13.9 Å². The fraction of sp³-hybridized carbons (Fsp3) is 0.267. The Morgan fingerprint density at radius 2 is 1.68 bits per heavy atom. The molecule has 0 spiro atoms. The number of para-hydroxylation sites is 1. The highest BCUT2D eigenvalue weighted by Crippen LogP contribution is 2.33. The molecule has 0 saturated carbocycles. The number of sulfonamides is 1. The van der Waals surface area contributed by atoms with Gasteiger partial charge in [0.1, 0.15) is 11.3 Å². The van der Waals surface area contributed by atoms with Crippen molar-refractivity contribution in [3.63, 3.8) is 0 Å². The topological polar surface area (TPSA) is 115 Å². The van der Waals surface area contributed by atoms with Crippen molar-refractivity contribution in [1.29, 1.82) is 0 Å². The van der Waals surface area contributed by atoms with E-state index in [2.05, 4.69) is 5.32 Å². The van der Waals surface area contributed by atoms with Crippen molar-refractivity contribution >= 4 is 32.6 Å². The number of nitrogens with zero attached hydrogens (tertiary/aromatic N) is 1. The highest BCUT2D eigenvalue weighted by Gasteiger charge is 2.28. The van der Waals surface area contributed by atoms with Crippen LogP contribution < -0.4 is 20.2 Å². The minimum Gasteiger partial charge on any atom is -0.497 e. The molecule has 1 atom stereocenters. The van der Waals surface area contributed by atoms with Crippen LogP contribution in [0.4, 0.5) is 5.69 Å². The number of anilines is 1. The highest BCUT2D eigenvalue weighted by molar-refractivity contribution is 7.89. The van der Waals surface area contributed by atoms with Crippen molar-refractivity contribution in [1.82, 2.24) is 4.31 Å². The van der Waals surface area contributed by atoms with Gasteiger partial charge in [-0.2, -0.15) is 4.31 Å². The zero-order chi connectivity index (χ0) is 28.3. The number of benzene rings is 3. The number of nitrogens with one attached hydrogen (secondary N) is 1. The SMILES string of the molecule is CCC(Oc1c(-c2ccc(OC)cc2)oc2ccccc2c1=O)C(=O)Nc1ccc(S(=O)(=O)N2CCCC2)cc1. The van der Waals surface area contributed by atoms with Crippen LogP contribution in [-0.4, -0.2) is 44.9 Å². The Hall–Kier alpha value is -4.15. The second kappa shape index (κ2) is 11.5. The molecule has 3 aromatic carbocycles. The van der Waals surface area contributed by atoms with E-state index >= 15 is 0 Å². The highest BCUT2D eigenvalue weighted by atomic mass is 32.2. The molecule has 1 saturated heterocycles. The van der Waals surface area contributed by atoms with Crippen LogP contribution in [0.15, 0.2) is 86.9 Å². The van der Waals surface area contributed by atoms with Crippen molar-refractivity contribution in [2.24, 2.45) is 0 Å². The second-order valence-corrected chi connectivity index (χ2v) is 11.4. The molecular weight excluding hydrogens is 532 g/mol. The van der Waals surface area contributed by atoms with Gasteiger partial charge >= 0.3 is 0 Å². The van der Waals surface area contributed by atoms with Gasteiger partial charge in [-0.15, -0.1) is 0 Å². The summed E-state index contributed by atoms with van der Waals surface area (Å²) in [4.78, 5) is 26.9. The summed E-state index contributed by atoms with van der Waals surface area (Å²) in [6.07, 6.45) is 0.944. The van der Waals surface area contributed by atoms with Crippen LogP contribution in [-0.2, 0) is 14.8 Å². The van der Waals surface area contributed by atoms with Crippen molar-refractivity contribution in [2.75, 3.05) is 25.5 Å². The lowest BCUT2D eigenvalue weighted by Gasteiger charge is -2.19. The van der Waals surface area contributed by atoms with E-state index < -0.39 is 27.5 Å². The van der Waals surface area contributed by atoms with Crippen LogP contribution in [0.2, 0.25) is 0 Å². The number of carbonyl (C=O) groups excluding carboxylic acids is 1. The number of carbonyl (C=O) groups is 1. The predicted octanol–water partition coefficient (Wildman–Crippen LogP) is 5.05. The Kier molecular flexibility index (Phi) is 7.90. The first-order valence-corrected chi connectivity index (χ1v) is 14.5. The van der Waals surface area contributed by atoms with Crippen LogP contribution in [0, 0.1) is 0 Å². The Morgan fingerprint density at radius 3 is 2.33 bits per heavy atom. The Balaban J connectivity index is 1.41. The molecule has 0 bridgehead atoms. The van der Waals surface area contributed by atoms with Gasteiger partial charge < -0.3 is 19.2 Å². The fourth-order valence-corrected chi connectivity index (χ4v) is 6.16. The average molecular weight is 563 g/mol. The maximum absolute atomic E-state index is 13.5. The average Bonchev–Trinajstić information content (AvgIpc) is 3.53. The molecule has 5 rings (SSSR count). The largest absolute Gasteiger partial charge is 0.497 e. The number of fused-ring (bicyclic) bond motifs is 1. The van der Waals surface area contributed by atoms with Gasteiger partial charge in [0, 0.05) is 24.3 Å². The number of amides is 1. The molecule has 2 heterocycles. The Labute approximate surface area is 232 Å². The molecule has 1 fully saturated rings. The van der Waals surface area contributed by atoms with Gasteiger partial charge in [-0.25, -0.2) is 8.42 Å². The monoisotopic (exact) mass is 562 g/mol. The van der Waals surface area contributed by atoms with Crippen LogP contribution in [0.1, 0.15) is 26.2 Å². The van der Waals surface area contributed by atoms with E-state index in [-0.39, 0.29) is 22.8 Å². The number of ether oxygens (including phenoxy) is 2. The normalized spacial score (nSPS) is 14.7. The molecule has 0 aliphatic carbocycles. The molecule has 1 aliphatic heterocycles. The van der Waals surface area contributed by atoms with Crippen LogP contribution in [0.5, 0.6) is 11.5 Å². The smallest absolute Gasteiger partial charge is 0.265 e. The molecule has 1 aliphatic rings. The van der Waals surface area contributed by atoms with Crippen molar-refractivity contribution in [2.45, 2.75) is 37.2 Å². The number of methoxy groups -OCH3 is 1. The molecular formula is C30H30N2O7S. The maximum atomic E-state index is 13.5.